The fourth-order valence-electron chi connectivity index (χ4n) is 2.88. The maximum absolute atomic E-state index is 12.0. The van der Waals surface area contributed by atoms with Crippen LogP contribution < -0.4 is 9.74 Å². The van der Waals surface area contributed by atoms with E-state index < -0.39 is 44.6 Å². The minimum Gasteiger partial charge on any atom is -0.492 e. The number of benzene rings is 1. The third-order valence-corrected chi connectivity index (χ3v) is 5.08. The molecular weight excluding hydrogens is 420 g/mol. The molecule has 1 aliphatic rings. The van der Waals surface area contributed by atoms with Crippen LogP contribution in [0.5, 0.6) is 11.8 Å². The predicted molar refractivity (Wildman–Crippen MR) is 100 cm³/mol. The molecule has 0 radical (unpaired) electrons. The van der Waals surface area contributed by atoms with Crippen LogP contribution in [0.3, 0.4) is 0 Å². The van der Waals surface area contributed by atoms with Crippen molar-refractivity contribution in [2.45, 2.75) is 24.2 Å². The number of nitrogens with zero attached hydrogens (tertiary/aromatic N) is 2. The smallest absolute Gasteiger partial charge is 0.333 e. The molecule has 2 amide bonds. The van der Waals surface area contributed by atoms with E-state index in [2.05, 4.69) is 0 Å². The lowest BCUT2D eigenvalue weighted by atomic mass is 10.1. The van der Waals surface area contributed by atoms with Gasteiger partial charge in [-0.15, -0.1) is 4.73 Å². The first-order valence-electron chi connectivity index (χ1n) is 8.56. The number of aromatic nitrogens is 1. The molecule has 1 aromatic carbocycles. The molecule has 0 atom stereocenters. The van der Waals surface area contributed by atoms with E-state index >= 15 is 0 Å². The number of rotatable bonds is 7. The SMILES string of the molecule is O=C(CCCc1ccccc1N1C(=O)C=CC1=O)On1c(O)cc(S(=O)(=O)O)c1O. The van der Waals surface area contributed by atoms with Gasteiger partial charge in [-0.1, -0.05) is 18.2 Å². The molecule has 1 aromatic heterocycles. The lowest BCUT2D eigenvalue weighted by Gasteiger charge is -2.18. The molecule has 0 spiro atoms. The monoisotopic (exact) mass is 436 g/mol. The Balaban J connectivity index is 1.65. The van der Waals surface area contributed by atoms with Gasteiger partial charge in [-0.05, 0) is 24.5 Å². The number of hydrogen-bond donors (Lipinski definition) is 3. The van der Waals surface area contributed by atoms with E-state index in [1.165, 1.54) is 0 Å². The van der Waals surface area contributed by atoms with Crippen LogP contribution in [-0.2, 0) is 30.9 Å². The van der Waals surface area contributed by atoms with Crippen molar-refractivity contribution in [3.63, 3.8) is 0 Å². The third-order valence-electron chi connectivity index (χ3n) is 4.22. The van der Waals surface area contributed by atoms with Crippen LogP contribution in [0.2, 0.25) is 0 Å². The minimum absolute atomic E-state index is 0.173. The summed E-state index contributed by atoms with van der Waals surface area (Å²) in [5, 5.41) is 19.3. The molecule has 12 heteroatoms. The highest BCUT2D eigenvalue weighted by Gasteiger charge is 2.27. The van der Waals surface area contributed by atoms with Crippen molar-refractivity contribution < 1.29 is 42.4 Å². The van der Waals surface area contributed by atoms with Crippen molar-refractivity contribution >= 4 is 33.6 Å². The normalized spacial score (nSPS) is 13.8. The van der Waals surface area contributed by atoms with E-state index in [9.17, 15) is 33.0 Å². The summed E-state index contributed by atoms with van der Waals surface area (Å²) in [7, 11) is -4.83. The number of carbonyl (C=O) groups excluding carboxylic acids is 3. The molecule has 0 saturated heterocycles. The Morgan fingerprint density at radius 3 is 2.30 bits per heavy atom. The van der Waals surface area contributed by atoms with Gasteiger partial charge in [-0.25, -0.2) is 9.69 Å². The summed E-state index contributed by atoms with van der Waals surface area (Å²) in [6.45, 7) is 0. The average Bonchev–Trinajstić information content (AvgIpc) is 3.15. The quantitative estimate of drug-likeness (QED) is 0.415. The first kappa shape index (κ1) is 21.1. The fraction of sp³-hybridized carbons (Fsp3) is 0.167. The van der Waals surface area contributed by atoms with Gasteiger partial charge < -0.3 is 15.1 Å². The Kier molecular flexibility index (Phi) is 5.62. The molecule has 0 fully saturated rings. The Morgan fingerprint density at radius 2 is 1.70 bits per heavy atom. The minimum atomic E-state index is -4.83. The maximum Gasteiger partial charge on any atom is 0.333 e. The molecule has 11 nitrogen and oxygen atoms in total. The number of anilines is 1. The molecule has 2 heterocycles. The molecule has 0 saturated carbocycles. The summed E-state index contributed by atoms with van der Waals surface area (Å²) >= 11 is 0. The van der Waals surface area contributed by atoms with Crippen LogP contribution >= 0.6 is 0 Å². The molecule has 158 valence electrons. The molecular formula is C18H16N2O9S. The Hall–Kier alpha value is -3.64. The van der Waals surface area contributed by atoms with Crippen LogP contribution in [0, 0.1) is 0 Å². The van der Waals surface area contributed by atoms with Gasteiger partial charge in [-0.3, -0.25) is 14.1 Å². The summed E-state index contributed by atoms with van der Waals surface area (Å²) in [5.41, 5.74) is 1.03. The molecule has 0 unspecified atom stereocenters. The van der Waals surface area contributed by atoms with E-state index in [-0.39, 0.29) is 17.6 Å². The van der Waals surface area contributed by atoms with Gasteiger partial charge in [0, 0.05) is 24.6 Å². The van der Waals surface area contributed by atoms with Gasteiger partial charge in [0.1, 0.15) is 0 Å². The highest BCUT2D eigenvalue weighted by molar-refractivity contribution is 7.86. The number of carbonyl (C=O) groups is 3. The number of amides is 2. The van der Waals surface area contributed by atoms with E-state index in [0.717, 1.165) is 17.1 Å². The van der Waals surface area contributed by atoms with Gasteiger partial charge in [-0.2, -0.15) is 8.42 Å². The summed E-state index contributed by atoms with van der Waals surface area (Å²) in [4.78, 5) is 40.5. The molecule has 0 aliphatic carbocycles. The standard InChI is InChI=1S/C18H16N2O9S/c21-14-8-9-15(22)19(14)12-6-2-1-4-11(12)5-3-7-17(24)29-20-16(23)10-13(18(20)25)30(26,27)28/h1-2,4,6,8-10,23,25H,3,5,7H2,(H,26,27,28). The Labute approximate surface area is 170 Å². The van der Waals surface area contributed by atoms with Crippen molar-refractivity contribution in [3.05, 3.63) is 48.0 Å². The molecule has 1 aliphatic heterocycles. The van der Waals surface area contributed by atoms with Crippen LogP contribution in [0.25, 0.3) is 0 Å². The molecule has 2 aromatic rings. The maximum atomic E-state index is 12.0. The van der Waals surface area contributed by atoms with Gasteiger partial charge >= 0.3 is 5.97 Å². The predicted octanol–water partition coefficient (Wildman–Crippen LogP) is 0.553. The summed E-state index contributed by atoms with van der Waals surface area (Å²) < 4.78 is 31.3. The summed E-state index contributed by atoms with van der Waals surface area (Å²) in [5.74, 6) is -3.92. The topological polar surface area (TPSA) is 163 Å². The first-order chi connectivity index (χ1) is 14.1. The Morgan fingerprint density at radius 1 is 1.07 bits per heavy atom. The second-order valence-electron chi connectivity index (χ2n) is 6.25. The second kappa shape index (κ2) is 8.00. The van der Waals surface area contributed by atoms with Gasteiger partial charge in [0.05, 0.1) is 5.69 Å². The lowest BCUT2D eigenvalue weighted by Crippen LogP contribution is -2.30. The van der Waals surface area contributed by atoms with Crippen LogP contribution in [0.1, 0.15) is 18.4 Å². The molecule has 3 rings (SSSR count). The largest absolute Gasteiger partial charge is 0.492 e. The zero-order valence-corrected chi connectivity index (χ0v) is 16.1. The van der Waals surface area contributed by atoms with Crippen LogP contribution in [0.4, 0.5) is 5.69 Å². The number of para-hydroxylation sites is 1. The number of imide groups is 1. The number of hydrogen-bond acceptors (Lipinski definition) is 8. The molecule has 30 heavy (non-hydrogen) atoms. The summed E-state index contributed by atoms with van der Waals surface area (Å²) in [6, 6.07) is 7.19. The van der Waals surface area contributed by atoms with Crippen molar-refractivity contribution in [2.75, 3.05) is 4.90 Å². The third kappa shape index (κ3) is 4.18. The number of aryl methyl sites for hydroxylation is 1. The van der Waals surface area contributed by atoms with E-state index in [1.54, 1.807) is 24.3 Å². The van der Waals surface area contributed by atoms with E-state index in [4.69, 9.17) is 9.39 Å². The van der Waals surface area contributed by atoms with E-state index in [1.807, 2.05) is 0 Å². The van der Waals surface area contributed by atoms with Crippen molar-refractivity contribution in [2.24, 2.45) is 0 Å². The zero-order valence-electron chi connectivity index (χ0n) is 15.3. The van der Waals surface area contributed by atoms with Crippen molar-refractivity contribution in [3.8, 4) is 11.8 Å². The zero-order chi connectivity index (χ0) is 22.1. The highest BCUT2D eigenvalue weighted by atomic mass is 32.2. The van der Waals surface area contributed by atoms with Crippen LogP contribution in [0.15, 0.2) is 47.4 Å². The second-order valence-corrected chi connectivity index (χ2v) is 7.64. The summed E-state index contributed by atoms with van der Waals surface area (Å²) in [6.07, 6.45) is 2.63. The average molecular weight is 436 g/mol. The van der Waals surface area contributed by atoms with Crippen molar-refractivity contribution in [1.29, 1.82) is 0 Å². The number of aromatic hydroxyl groups is 2. The van der Waals surface area contributed by atoms with E-state index in [0.29, 0.717) is 23.7 Å². The van der Waals surface area contributed by atoms with Gasteiger partial charge in [0.2, 0.25) is 5.88 Å². The molecule has 0 bridgehead atoms. The van der Waals surface area contributed by atoms with Crippen molar-refractivity contribution in [1.82, 2.24) is 4.73 Å². The van der Waals surface area contributed by atoms with Gasteiger partial charge in [0.25, 0.3) is 27.8 Å². The Bertz CT molecular complexity index is 1150. The van der Waals surface area contributed by atoms with Gasteiger partial charge in [0.15, 0.2) is 4.90 Å². The van der Waals surface area contributed by atoms with Crippen LogP contribution in [-0.4, -0.2) is 45.7 Å². The fourth-order valence-corrected chi connectivity index (χ4v) is 3.45. The lowest BCUT2D eigenvalue weighted by molar-refractivity contribution is -0.145. The first-order valence-corrected chi connectivity index (χ1v) is 10.00. The molecule has 3 N–H and O–H groups in total. The highest BCUT2D eigenvalue weighted by Crippen LogP contribution is 2.30.